The number of aromatic hydroxyl groups is 1. The maximum Gasteiger partial charge on any atom is 0.240 e. The zero-order valence-electron chi connectivity index (χ0n) is 10.3. The summed E-state index contributed by atoms with van der Waals surface area (Å²) in [5.41, 5.74) is 0. The zero-order valence-corrected chi connectivity index (χ0v) is 11.2. The van der Waals surface area contributed by atoms with Gasteiger partial charge in [0, 0.05) is 6.04 Å². The number of benzene rings is 1. The van der Waals surface area contributed by atoms with Crippen molar-refractivity contribution >= 4 is 10.0 Å². The molecule has 4 nitrogen and oxygen atoms in total. The third-order valence-electron chi connectivity index (χ3n) is 2.68. The molecule has 1 unspecified atom stereocenters. The van der Waals surface area contributed by atoms with Gasteiger partial charge in [0.15, 0.2) is 0 Å². The third-order valence-corrected chi connectivity index (χ3v) is 4.17. The number of nitrogens with one attached hydrogen (secondary N) is 1. The Morgan fingerprint density at radius 3 is 2.47 bits per heavy atom. The number of hydrogen-bond acceptors (Lipinski definition) is 3. The van der Waals surface area contributed by atoms with Crippen LogP contribution < -0.4 is 4.72 Å². The van der Waals surface area contributed by atoms with Gasteiger partial charge in [-0.25, -0.2) is 13.1 Å². The van der Waals surface area contributed by atoms with Crippen LogP contribution in [0.4, 0.5) is 0 Å². The van der Waals surface area contributed by atoms with Crippen LogP contribution in [0.2, 0.25) is 0 Å². The van der Waals surface area contributed by atoms with Crippen LogP contribution in [0.1, 0.15) is 27.2 Å². The van der Waals surface area contributed by atoms with Crippen molar-refractivity contribution in [2.75, 3.05) is 0 Å². The largest absolute Gasteiger partial charge is 0.508 e. The molecular weight excluding hydrogens is 238 g/mol. The van der Waals surface area contributed by atoms with Gasteiger partial charge in [-0.05, 0) is 30.5 Å². The molecule has 1 aromatic rings. The minimum absolute atomic E-state index is 0.0505. The molecule has 0 spiro atoms. The average molecular weight is 257 g/mol. The van der Waals surface area contributed by atoms with Crippen molar-refractivity contribution in [2.24, 2.45) is 5.92 Å². The molecule has 0 aliphatic carbocycles. The van der Waals surface area contributed by atoms with Gasteiger partial charge in [0.05, 0.1) is 4.90 Å². The van der Waals surface area contributed by atoms with Crippen molar-refractivity contribution in [3.05, 3.63) is 24.3 Å². The fourth-order valence-electron chi connectivity index (χ4n) is 1.61. The minimum atomic E-state index is -3.55. The fraction of sp³-hybridized carbons (Fsp3) is 0.500. The molecule has 0 heterocycles. The van der Waals surface area contributed by atoms with Gasteiger partial charge in [-0.1, -0.05) is 26.8 Å². The number of phenolic OH excluding ortho intramolecular Hbond substituents is 1. The Balaban J connectivity index is 2.96. The number of sulfonamides is 1. The molecule has 1 atom stereocenters. The van der Waals surface area contributed by atoms with Crippen LogP contribution in [-0.2, 0) is 10.0 Å². The van der Waals surface area contributed by atoms with E-state index in [-0.39, 0.29) is 22.6 Å². The van der Waals surface area contributed by atoms with Crippen LogP contribution in [0.25, 0.3) is 0 Å². The van der Waals surface area contributed by atoms with Crippen LogP contribution in [0.3, 0.4) is 0 Å². The molecule has 0 fully saturated rings. The Morgan fingerprint density at radius 2 is 2.00 bits per heavy atom. The molecule has 17 heavy (non-hydrogen) atoms. The Bertz CT molecular complexity index is 468. The molecule has 0 aromatic heterocycles. The molecule has 0 saturated heterocycles. The van der Waals surface area contributed by atoms with Crippen LogP contribution in [0.15, 0.2) is 29.2 Å². The molecule has 96 valence electrons. The molecule has 0 amide bonds. The predicted octanol–water partition coefficient (Wildman–Crippen LogP) is 2.11. The van der Waals surface area contributed by atoms with E-state index in [0.717, 1.165) is 6.42 Å². The normalized spacial score (nSPS) is 13.9. The van der Waals surface area contributed by atoms with E-state index in [4.69, 9.17) is 0 Å². The van der Waals surface area contributed by atoms with Gasteiger partial charge in [-0.2, -0.15) is 0 Å². The van der Waals surface area contributed by atoms with E-state index in [0.29, 0.717) is 0 Å². The maximum atomic E-state index is 12.0. The van der Waals surface area contributed by atoms with E-state index in [2.05, 4.69) is 4.72 Å². The minimum Gasteiger partial charge on any atom is -0.508 e. The summed E-state index contributed by atoms with van der Waals surface area (Å²) in [6.07, 6.45) is 0.732. The van der Waals surface area contributed by atoms with Crippen LogP contribution in [0, 0.1) is 5.92 Å². The van der Waals surface area contributed by atoms with Crippen LogP contribution >= 0.6 is 0 Å². The summed E-state index contributed by atoms with van der Waals surface area (Å²) >= 11 is 0. The first kappa shape index (κ1) is 14.0. The van der Waals surface area contributed by atoms with Crippen molar-refractivity contribution in [1.82, 2.24) is 4.72 Å². The molecule has 0 bridgehead atoms. The van der Waals surface area contributed by atoms with E-state index in [9.17, 15) is 13.5 Å². The Morgan fingerprint density at radius 1 is 1.35 bits per heavy atom. The Hall–Kier alpha value is -1.07. The Kier molecular flexibility index (Phi) is 4.54. The second kappa shape index (κ2) is 5.51. The van der Waals surface area contributed by atoms with Crippen molar-refractivity contribution < 1.29 is 13.5 Å². The molecule has 1 aromatic carbocycles. The first-order valence-electron chi connectivity index (χ1n) is 5.68. The number of phenols is 1. The number of rotatable bonds is 5. The second-order valence-electron chi connectivity index (χ2n) is 4.38. The maximum absolute atomic E-state index is 12.0. The van der Waals surface area contributed by atoms with Gasteiger partial charge >= 0.3 is 0 Å². The fourth-order valence-corrected chi connectivity index (χ4v) is 3.12. The molecule has 0 radical (unpaired) electrons. The first-order valence-corrected chi connectivity index (χ1v) is 7.16. The van der Waals surface area contributed by atoms with E-state index in [1.165, 1.54) is 24.3 Å². The summed E-state index contributed by atoms with van der Waals surface area (Å²) in [6.45, 7) is 5.88. The van der Waals surface area contributed by atoms with Crippen molar-refractivity contribution in [1.29, 1.82) is 0 Å². The summed E-state index contributed by atoms with van der Waals surface area (Å²) in [5, 5.41) is 9.28. The summed E-state index contributed by atoms with van der Waals surface area (Å²) in [6, 6.07) is 5.58. The molecule has 1 rings (SSSR count). The highest BCUT2D eigenvalue weighted by Crippen LogP contribution is 2.17. The van der Waals surface area contributed by atoms with E-state index in [1.54, 1.807) is 0 Å². The molecular formula is C12H19NO3S. The third kappa shape index (κ3) is 3.71. The molecule has 0 aliphatic heterocycles. The topological polar surface area (TPSA) is 66.4 Å². The zero-order chi connectivity index (χ0) is 13.1. The Labute approximate surface area is 103 Å². The number of hydrogen-bond donors (Lipinski definition) is 2. The van der Waals surface area contributed by atoms with Gasteiger partial charge in [-0.3, -0.25) is 0 Å². The quantitative estimate of drug-likeness (QED) is 0.849. The van der Waals surface area contributed by atoms with Crippen molar-refractivity contribution in [2.45, 2.75) is 38.1 Å². The summed E-state index contributed by atoms with van der Waals surface area (Å²) in [4.78, 5) is 0.0941. The molecule has 2 N–H and O–H groups in total. The predicted molar refractivity (Wildman–Crippen MR) is 67.3 cm³/mol. The molecule has 0 saturated carbocycles. The highest BCUT2D eigenvalue weighted by atomic mass is 32.2. The highest BCUT2D eigenvalue weighted by Gasteiger charge is 2.21. The SMILES string of the molecule is CCC(NS(=O)(=O)c1cccc(O)c1)C(C)C. The van der Waals surface area contributed by atoms with Crippen LogP contribution in [0.5, 0.6) is 5.75 Å². The van der Waals surface area contributed by atoms with E-state index < -0.39 is 10.0 Å². The average Bonchev–Trinajstić information content (AvgIpc) is 2.25. The molecule has 0 aliphatic rings. The van der Waals surface area contributed by atoms with Crippen molar-refractivity contribution in [3.63, 3.8) is 0 Å². The van der Waals surface area contributed by atoms with Gasteiger partial charge in [0.1, 0.15) is 5.75 Å². The van der Waals surface area contributed by atoms with Gasteiger partial charge in [0.2, 0.25) is 10.0 Å². The van der Waals surface area contributed by atoms with Gasteiger partial charge < -0.3 is 5.11 Å². The van der Waals surface area contributed by atoms with E-state index in [1.807, 2.05) is 20.8 Å². The van der Waals surface area contributed by atoms with Crippen molar-refractivity contribution in [3.8, 4) is 5.75 Å². The first-order chi connectivity index (χ1) is 7.86. The highest BCUT2D eigenvalue weighted by molar-refractivity contribution is 7.89. The summed E-state index contributed by atoms with van der Waals surface area (Å²) in [5.74, 6) is 0.178. The van der Waals surface area contributed by atoms with Crippen LogP contribution in [-0.4, -0.2) is 19.6 Å². The standard InChI is InChI=1S/C12H19NO3S/c1-4-12(9(2)3)13-17(15,16)11-7-5-6-10(14)8-11/h5-9,12-14H,4H2,1-3H3. The monoisotopic (exact) mass is 257 g/mol. The molecule has 5 heteroatoms. The summed E-state index contributed by atoms with van der Waals surface area (Å²) in [7, 11) is -3.55. The van der Waals surface area contributed by atoms with E-state index >= 15 is 0 Å². The lowest BCUT2D eigenvalue weighted by Gasteiger charge is -2.20. The lowest BCUT2D eigenvalue weighted by molar-refractivity contribution is 0.436. The lowest BCUT2D eigenvalue weighted by Crippen LogP contribution is -2.37. The lowest BCUT2D eigenvalue weighted by atomic mass is 10.0. The van der Waals surface area contributed by atoms with Gasteiger partial charge in [-0.15, -0.1) is 0 Å². The van der Waals surface area contributed by atoms with Gasteiger partial charge in [0.25, 0.3) is 0 Å². The summed E-state index contributed by atoms with van der Waals surface area (Å²) < 4.78 is 26.7. The smallest absolute Gasteiger partial charge is 0.240 e. The second-order valence-corrected chi connectivity index (χ2v) is 6.09.